The molecule has 0 heterocycles. The van der Waals surface area contributed by atoms with E-state index in [4.69, 9.17) is 5.73 Å². The average Bonchev–Trinajstić information content (AvgIpc) is 1.82. The molecule has 10 heavy (non-hydrogen) atoms. The van der Waals surface area contributed by atoms with E-state index in [9.17, 15) is 5.11 Å². The first-order valence-electron chi connectivity index (χ1n) is 2.86. The number of phenols is 1. The van der Waals surface area contributed by atoms with Crippen molar-refractivity contribution in [1.29, 1.82) is 0 Å². The Morgan fingerprint density at radius 2 is 2.10 bits per heavy atom. The van der Waals surface area contributed by atoms with Crippen molar-refractivity contribution in [2.24, 2.45) is 0 Å². The van der Waals surface area contributed by atoms with Crippen LogP contribution in [0.25, 0.3) is 0 Å². The summed E-state index contributed by atoms with van der Waals surface area (Å²) in [6.07, 6.45) is 0. The van der Waals surface area contributed by atoms with Crippen LogP contribution in [0.4, 0.5) is 5.69 Å². The summed E-state index contributed by atoms with van der Waals surface area (Å²) < 4.78 is 0.799. The summed E-state index contributed by atoms with van der Waals surface area (Å²) in [5, 5.41) is 9.17. The number of anilines is 1. The van der Waals surface area contributed by atoms with Crippen LogP contribution in [0.1, 0.15) is 5.56 Å². The molecule has 0 radical (unpaired) electrons. The van der Waals surface area contributed by atoms with E-state index < -0.39 is 0 Å². The third kappa shape index (κ3) is 1.24. The van der Waals surface area contributed by atoms with Crippen LogP contribution in [0, 0.1) is 6.92 Å². The van der Waals surface area contributed by atoms with Crippen molar-refractivity contribution in [3.63, 3.8) is 0 Å². The molecule has 0 aromatic heterocycles. The van der Waals surface area contributed by atoms with Crippen LogP contribution < -0.4 is 5.73 Å². The van der Waals surface area contributed by atoms with Gasteiger partial charge in [0.2, 0.25) is 0 Å². The number of phenolic OH excluding ortho intramolecular Hbond substituents is 1. The topological polar surface area (TPSA) is 46.2 Å². The Kier molecular flexibility index (Phi) is 1.85. The first-order chi connectivity index (χ1) is 4.61. The molecule has 1 aromatic rings. The van der Waals surface area contributed by atoms with Crippen LogP contribution in [-0.4, -0.2) is 5.11 Å². The summed E-state index contributed by atoms with van der Waals surface area (Å²) in [5.74, 6) is 0.229. The molecular formula is C7H8BrNO. The Morgan fingerprint density at radius 3 is 2.60 bits per heavy atom. The molecule has 0 unspecified atom stereocenters. The Morgan fingerprint density at radius 1 is 1.50 bits per heavy atom. The van der Waals surface area contributed by atoms with Crippen LogP contribution in [0.5, 0.6) is 5.75 Å². The first-order valence-corrected chi connectivity index (χ1v) is 3.65. The number of nitrogen functional groups attached to an aromatic ring is 1. The zero-order chi connectivity index (χ0) is 7.72. The molecule has 0 aliphatic carbocycles. The van der Waals surface area contributed by atoms with Gasteiger partial charge in [0.05, 0.1) is 0 Å². The van der Waals surface area contributed by atoms with Crippen LogP contribution in [0.2, 0.25) is 0 Å². The quantitative estimate of drug-likeness (QED) is 0.632. The summed E-state index contributed by atoms with van der Waals surface area (Å²) in [6.45, 7) is 1.77. The van der Waals surface area contributed by atoms with Crippen LogP contribution in [-0.2, 0) is 0 Å². The van der Waals surface area contributed by atoms with Crippen molar-refractivity contribution in [3.8, 4) is 5.75 Å². The maximum atomic E-state index is 9.17. The molecule has 54 valence electrons. The molecule has 0 fully saturated rings. The molecule has 3 N–H and O–H groups in total. The molecule has 0 aliphatic heterocycles. The minimum absolute atomic E-state index is 0.229. The normalized spacial score (nSPS) is 9.80. The number of aromatic hydroxyl groups is 1. The van der Waals surface area contributed by atoms with Gasteiger partial charge in [-0.1, -0.05) is 15.9 Å². The fourth-order valence-corrected chi connectivity index (χ4v) is 1.15. The zero-order valence-corrected chi connectivity index (χ0v) is 7.14. The molecule has 0 amide bonds. The lowest BCUT2D eigenvalue weighted by molar-refractivity contribution is 0.471. The maximum Gasteiger partial charge on any atom is 0.121 e. The number of halogens is 1. The fourth-order valence-electron chi connectivity index (χ4n) is 0.685. The molecule has 0 bridgehead atoms. The number of hydrogen-bond donors (Lipinski definition) is 2. The van der Waals surface area contributed by atoms with E-state index in [0.717, 1.165) is 10.0 Å². The van der Waals surface area contributed by atoms with Gasteiger partial charge in [0.1, 0.15) is 5.75 Å². The Hall–Kier alpha value is -0.700. The number of hydrogen-bond acceptors (Lipinski definition) is 2. The molecule has 0 aliphatic rings. The van der Waals surface area contributed by atoms with Crippen LogP contribution in [0.15, 0.2) is 16.6 Å². The fraction of sp³-hybridized carbons (Fsp3) is 0.143. The number of rotatable bonds is 0. The molecule has 0 spiro atoms. The highest BCUT2D eigenvalue weighted by Gasteiger charge is 2.00. The van der Waals surface area contributed by atoms with Crippen LogP contribution in [0.3, 0.4) is 0 Å². The van der Waals surface area contributed by atoms with Crippen molar-refractivity contribution >= 4 is 21.6 Å². The third-order valence-electron chi connectivity index (χ3n) is 1.39. The lowest BCUT2D eigenvalue weighted by Gasteiger charge is -2.02. The van der Waals surface area contributed by atoms with E-state index in [1.54, 1.807) is 19.1 Å². The predicted octanol–water partition coefficient (Wildman–Crippen LogP) is 2.05. The van der Waals surface area contributed by atoms with Crippen LogP contribution >= 0.6 is 15.9 Å². The Labute approximate surface area is 67.8 Å². The second-order valence-electron chi connectivity index (χ2n) is 2.14. The zero-order valence-electron chi connectivity index (χ0n) is 5.56. The SMILES string of the molecule is Cc1c(N)cc(Br)cc1O. The van der Waals surface area contributed by atoms with E-state index in [1.165, 1.54) is 0 Å². The van der Waals surface area contributed by atoms with Gasteiger partial charge in [-0.05, 0) is 19.1 Å². The van der Waals surface area contributed by atoms with Gasteiger partial charge in [-0.3, -0.25) is 0 Å². The molecule has 3 heteroatoms. The van der Waals surface area contributed by atoms with Crippen molar-refractivity contribution in [3.05, 3.63) is 22.2 Å². The summed E-state index contributed by atoms with van der Waals surface area (Å²) in [7, 11) is 0. The smallest absolute Gasteiger partial charge is 0.121 e. The van der Waals surface area contributed by atoms with E-state index in [0.29, 0.717) is 5.69 Å². The van der Waals surface area contributed by atoms with Gasteiger partial charge >= 0.3 is 0 Å². The van der Waals surface area contributed by atoms with Crippen molar-refractivity contribution < 1.29 is 5.11 Å². The average molecular weight is 202 g/mol. The molecular weight excluding hydrogens is 194 g/mol. The monoisotopic (exact) mass is 201 g/mol. The van der Waals surface area contributed by atoms with Gasteiger partial charge in [-0.25, -0.2) is 0 Å². The molecule has 0 saturated heterocycles. The Balaban J connectivity index is 3.31. The van der Waals surface area contributed by atoms with Gasteiger partial charge < -0.3 is 10.8 Å². The van der Waals surface area contributed by atoms with Crippen molar-refractivity contribution in [1.82, 2.24) is 0 Å². The molecule has 1 rings (SSSR count). The van der Waals surface area contributed by atoms with Gasteiger partial charge in [0, 0.05) is 15.7 Å². The van der Waals surface area contributed by atoms with Crippen molar-refractivity contribution in [2.45, 2.75) is 6.92 Å². The second kappa shape index (κ2) is 2.50. The van der Waals surface area contributed by atoms with Gasteiger partial charge in [-0.15, -0.1) is 0 Å². The standard InChI is InChI=1S/C7H8BrNO/c1-4-6(9)2-5(8)3-7(4)10/h2-3,10H,9H2,1H3. The molecule has 1 aromatic carbocycles. The molecule has 2 nitrogen and oxygen atoms in total. The minimum Gasteiger partial charge on any atom is -0.508 e. The van der Waals surface area contributed by atoms with Gasteiger partial charge in [0.25, 0.3) is 0 Å². The van der Waals surface area contributed by atoms with E-state index in [-0.39, 0.29) is 5.75 Å². The summed E-state index contributed by atoms with van der Waals surface area (Å²) >= 11 is 3.21. The number of nitrogens with two attached hydrogens (primary N) is 1. The van der Waals surface area contributed by atoms with Crippen molar-refractivity contribution in [2.75, 3.05) is 5.73 Å². The molecule has 0 atom stereocenters. The first kappa shape index (κ1) is 7.41. The summed E-state index contributed by atoms with van der Waals surface area (Å²) in [5.41, 5.74) is 6.86. The highest BCUT2D eigenvalue weighted by Crippen LogP contribution is 2.26. The minimum atomic E-state index is 0.229. The Bertz CT molecular complexity index is 237. The summed E-state index contributed by atoms with van der Waals surface area (Å²) in [6, 6.07) is 3.38. The largest absolute Gasteiger partial charge is 0.508 e. The lowest BCUT2D eigenvalue weighted by atomic mass is 10.2. The second-order valence-corrected chi connectivity index (χ2v) is 3.05. The lowest BCUT2D eigenvalue weighted by Crippen LogP contribution is -1.88. The summed E-state index contributed by atoms with van der Waals surface area (Å²) in [4.78, 5) is 0. The van der Waals surface area contributed by atoms with Gasteiger partial charge in [0.15, 0.2) is 0 Å². The molecule has 0 saturated carbocycles. The highest BCUT2D eigenvalue weighted by atomic mass is 79.9. The van der Waals surface area contributed by atoms with E-state index >= 15 is 0 Å². The van der Waals surface area contributed by atoms with Gasteiger partial charge in [-0.2, -0.15) is 0 Å². The number of benzene rings is 1. The maximum absolute atomic E-state index is 9.17. The van der Waals surface area contributed by atoms with E-state index in [1.807, 2.05) is 0 Å². The highest BCUT2D eigenvalue weighted by molar-refractivity contribution is 9.10. The van der Waals surface area contributed by atoms with E-state index in [2.05, 4.69) is 15.9 Å². The predicted molar refractivity (Wildman–Crippen MR) is 45.0 cm³/mol. The third-order valence-corrected chi connectivity index (χ3v) is 1.84.